The van der Waals surface area contributed by atoms with Gasteiger partial charge >= 0.3 is 0 Å². The fraction of sp³-hybridized carbons (Fsp3) is 0.946. The summed E-state index contributed by atoms with van der Waals surface area (Å²) in [6, 6.07) is -0.709. The molecular weight excluding hydrogens is 751 g/mol. The van der Waals surface area contributed by atoms with Crippen LogP contribution in [-0.4, -0.2) is 46.1 Å². The second-order valence-electron chi connectivity index (χ2n) is 19.5. The molecule has 0 saturated carbocycles. The van der Waals surface area contributed by atoms with Gasteiger partial charge in [-0.1, -0.05) is 289 Å². The van der Waals surface area contributed by atoms with Crippen LogP contribution in [0.15, 0.2) is 12.2 Å². The van der Waals surface area contributed by atoms with E-state index < -0.39 is 24.2 Å². The first-order valence-electron chi connectivity index (χ1n) is 28.0. The predicted molar refractivity (Wildman–Crippen MR) is 269 cm³/mol. The summed E-state index contributed by atoms with van der Waals surface area (Å²) in [6.45, 7) is 4.27. The molecular formula is C56H111NO4. The van der Waals surface area contributed by atoms with E-state index in [0.29, 0.717) is 12.8 Å². The maximum absolute atomic E-state index is 12.6. The lowest BCUT2D eigenvalue weighted by Crippen LogP contribution is -2.49. The van der Waals surface area contributed by atoms with E-state index in [1.165, 1.54) is 257 Å². The third-order valence-electron chi connectivity index (χ3n) is 13.4. The highest BCUT2D eigenvalue weighted by molar-refractivity contribution is 5.80. The fourth-order valence-corrected chi connectivity index (χ4v) is 9.01. The minimum Gasteiger partial charge on any atom is -0.394 e. The Morgan fingerprint density at radius 2 is 0.623 bits per heavy atom. The van der Waals surface area contributed by atoms with E-state index in [-0.39, 0.29) is 6.61 Å². The van der Waals surface area contributed by atoms with Crippen molar-refractivity contribution in [2.45, 2.75) is 334 Å². The molecule has 0 heterocycles. The smallest absolute Gasteiger partial charge is 0.249 e. The number of aliphatic hydroxyl groups excluding tert-OH is 3. The molecule has 5 nitrogen and oxygen atoms in total. The lowest BCUT2D eigenvalue weighted by molar-refractivity contribution is -0.131. The van der Waals surface area contributed by atoms with Gasteiger partial charge in [0.2, 0.25) is 5.91 Å². The Bertz CT molecular complexity index is 864. The average molecular weight is 863 g/mol. The maximum atomic E-state index is 12.6. The van der Waals surface area contributed by atoms with Crippen LogP contribution in [0, 0.1) is 0 Å². The zero-order valence-corrected chi connectivity index (χ0v) is 41.6. The van der Waals surface area contributed by atoms with Crippen LogP contribution in [0.4, 0.5) is 0 Å². The molecule has 0 fully saturated rings. The predicted octanol–water partition coefficient (Wildman–Crippen LogP) is 17.1. The summed E-state index contributed by atoms with van der Waals surface area (Å²) in [6.07, 6.45) is 64.0. The molecule has 5 heteroatoms. The summed E-state index contributed by atoms with van der Waals surface area (Å²) in [7, 11) is 0. The van der Waals surface area contributed by atoms with Crippen LogP contribution in [0.5, 0.6) is 0 Å². The van der Waals surface area contributed by atoms with Gasteiger partial charge in [0.05, 0.1) is 18.8 Å². The highest BCUT2D eigenvalue weighted by Gasteiger charge is 2.23. The Morgan fingerprint density at radius 3 is 0.902 bits per heavy atom. The normalized spacial score (nSPS) is 13.3. The summed E-state index contributed by atoms with van der Waals surface area (Å²) in [5, 5.41) is 33.5. The number of carbonyl (C=O) groups is 1. The van der Waals surface area contributed by atoms with Crippen LogP contribution >= 0.6 is 0 Å². The van der Waals surface area contributed by atoms with Crippen molar-refractivity contribution in [1.82, 2.24) is 5.32 Å². The average Bonchev–Trinajstić information content (AvgIpc) is 3.26. The molecule has 0 bridgehead atoms. The molecule has 0 saturated heterocycles. The third-order valence-corrected chi connectivity index (χ3v) is 13.4. The van der Waals surface area contributed by atoms with E-state index in [9.17, 15) is 20.1 Å². The molecule has 0 aromatic heterocycles. The van der Waals surface area contributed by atoms with Gasteiger partial charge in [0.15, 0.2) is 0 Å². The van der Waals surface area contributed by atoms with Crippen LogP contribution in [0.3, 0.4) is 0 Å². The number of hydrogen-bond acceptors (Lipinski definition) is 4. The van der Waals surface area contributed by atoms with Crippen molar-refractivity contribution in [3.05, 3.63) is 12.2 Å². The Kier molecular flexibility index (Phi) is 51.0. The van der Waals surface area contributed by atoms with Crippen molar-refractivity contribution >= 4 is 5.91 Å². The van der Waals surface area contributed by atoms with Crippen LogP contribution in [0.2, 0.25) is 0 Å². The van der Waals surface area contributed by atoms with Crippen molar-refractivity contribution in [1.29, 1.82) is 0 Å². The van der Waals surface area contributed by atoms with E-state index in [4.69, 9.17) is 0 Å². The van der Waals surface area contributed by atoms with Gasteiger partial charge in [-0.05, 0) is 38.5 Å². The fourth-order valence-electron chi connectivity index (χ4n) is 9.01. The van der Waals surface area contributed by atoms with Crippen LogP contribution in [-0.2, 0) is 4.79 Å². The maximum Gasteiger partial charge on any atom is 0.249 e. The molecule has 0 rings (SSSR count). The van der Waals surface area contributed by atoms with Crippen molar-refractivity contribution in [3.8, 4) is 0 Å². The molecule has 0 spiro atoms. The Labute approximate surface area is 382 Å². The Balaban J connectivity index is 3.49. The summed E-state index contributed by atoms with van der Waals surface area (Å²) in [4.78, 5) is 12.6. The Morgan fingerprint density at radius 1 is 0.377 bits per heavy atom. The standard InChI is InChI=1S/C56H111NO4/c1-3-5-7-9-11-13-15-17-19-21-22-23-24-25-26-27-28-29-30-31-32-33-35-37-39-41-43-45-47-49-51-55(60)56(61)57-53(52-58)54(59)50-48-46-44-42-40-38-36-34-20-18-16-14-12-10-8-6-4-2/h25-26,53-55,58-60H,3-24,27-52H2,1-2H3,(H,57,61)/b26-25-. The molecule has 3 unspecified atom stereocenters. The molecule has 0 aliphatic rings. The molecule has 1 amide bonds. The third kappa shape index (κ3) is 46.9. The molecule has 0 aliphatic carbocycles. The lowest BCUT2D eigenvalue weighted by Gasteiger charge is -2.23. The van der Waals surface area contributed by atoms with Crippen molar-refractivity contribution in [3.63, 3.8) is 0 Å². The van der Waals surface area contributed by atoms with E-state index >= 15 is 0 Å². The minimum absolute atomic E-state index is 0.309. The second kappa shape index (κ2) is 51.7. The van der Waals surface area contributed by atoms with Gasteiger partial charge in [-0.15, -0.1) is 0 Å². The second-order valence-corrected chi connectivity index (χ2v) is 19.5. The molecule has 4 N–H and O–H groups in total. The summed E-state index contributed by atoms with van der Waals surface area (Å²) >= 11 is 0. The number of hydrogen-bond donors (Lipinski definition) is 4. The first-order chi connectivity index (χ1) is 30.1. The SMILES string of the molecule is CCCCCCCCCCCCCC/C=C\CCCCCCCCCCCCCCCCC(O)C(=O)NC(CO)C(O)CCCCCCCCCCCCCCCCCCC. The highest BCUT2D eigenvalue weighted by atomic mass is 16.3. The van der Waals surface area contributed by atoms with Gasteiger partial charge in [0, 0.05) is 0 Å². The van der Waals surface area contributed by atoms with Gasteiger partial charge in [0.25, 0.3) is 0 Å². The zero-order chi connectivity index (χ0) is 44.4. The topological polar surface area (TPSA) is 89.8 Å². The number of carbonyl (C=O) groups excluding carboxylic acids is 1. The number of amides is 1. The number of nitrogens with one attached hydrogen (secondary N) is 1. The van der Waals surface area contributed by atoms with Crippen molar-refractivity contribution in [2.75, 3.05) is 6.61 Å². The largest absolute Gasteiger partial charge is 0.394 e. The monoisotopic (exact) mass is 862 g/mol. The lowest BCUT2D eigenvalue weighted by atomic mass is 10.0. The van der Waals surface area contributed by atoms with E-state index in [1.54, 1.807) is 0 Å². The van der Waals surface area contributed by atoms with Gasteiger partial charge in [-0.2, -0.15) is 0 Å². The number of unbranched alkanes of at least 4 members (excludes halogenated alkanes) is 42. The van der Waals surface area contributed by atoms with Gasteiger partial charge < -0.3 is 20.6 Å². The van der Waals surface area contributed by atoms with Gasteiger partial charge in [0.1, 0.15) is 6.10 Å². The van der Waals surface area contributed by atoms with Crippen molar-refractivity contribution in [2.24, 2.45) is 0 Å². The molecule has 0 aliphatic heterocycles. The number of rotatable bonds is 52. The zero-order valence-electron chi connectivity index (χ0n) is 41.6. The summed E-state index contributed by atoms with van der Waals surface area (Å²) in [5.41, 5.74) is 0. The molecule has 0 aromatic rings. The van der Waals surface area contributed by atoms with Crippen LogP contribution in [0.1, 0.15) is 316 Å². The molecule has 3 atom stereocenters. The van der Waals surface area contributed by atoms with E-state index in [2.05, 4.69) is 31.3 Å². The minimum atomic E-state index is -1.07. The molecule has 364 valence electrons. The Hall–Kier alpha value is -0.910. The number of allylic oxidation sites excluding steroid dienone is 2. The summed E-state index contributed by atoms with van der Waals surface area (Å²) in [5.74, 6) is -0.465. The number of aliphatic hydroxyl groups is 3. The summed E-state index contributed by atoms with van der Waals surface area (Å²) < 4.78 is 0. The van der Waals surface area contributed by atoms with Crippen molar-refractivity contribution < 1.29 is 20.1 Å². The molecule has 0 aromatic carbocycles. The van der Waals surface area contributed by atoms with Crippen LogP contribution < -0.4 is 5.32 Å². The molecule has 61 heavy (non-hydrogen) atoms. The van der Waals surface area contributed by atoms with E-state index in [1.807, 2.05) is 0 Å². The van der Waals surface area contributed by atoms with E-state index in [0.717, 1.165) is 32.1 Å². The van der Waals surface area contributed by atoms with Gasteiger partial charge in [-0.3, -0.25) is 4.79 Å². The first kappa shape index (κ1) is 60.1. The van der Waals surface area contributed by atoms with Crippen LogP contribution in [0.25, 0.3) is 0 Å². The quantitative estimate of drug-likeness (QED) is 0.0362. The highest BCUT2D eigenvalue weighted by Crippen LogP contribution is 2.18. The van der Waals surface area contributed by atoms with Gasteiger partial charge in [-0.25, -0.2) is 0 Å². The molecule has 0 radical (unpaired) electrons. The first-order valence-corrected chi connectivity index (χ1v) is 28.0.